The summed E-state index contributed by atoms with van der Waals surface area (Å²) in [5.41, 5.74) is 2.60. The van der Waals surface area contributed by atoms with E-state index in [0.717, 1.165) is 22.0 Å². The first-order valence-electron chi connectivity index (χ1n) is 10.2. The molecule has 6 heteroatoms. The van der Waals surface area contributed by atoms with E-state index < -0.39 is 11.7 Å². The van der Waals surface area contributed by atoms with Crippen molar-refractivity contribution in [1.82, 2.24) is 10.3 Å². The van der Waals surface area contributed by atoms with Crippen molar-refractivity contribution in [2.45, 2.75) is 39.2 Å². The standard InChI is InChI=1S/C24H30N2O4/c1-6-29-21-12-11-16(13-22(21)28-5)18(14-26-23(27)30-24(2,3)4)19-15-25-20-10-8-7-9-17(19)20/h7-13,15,18,25H,6,14H2,1-5H3,(H,26,27). The lowest BCUT2D eigenvalue weighted by Gasteiger charge is -2.23. The summed E-state index contributed by atoms with van der Waals surface area (Å²) in [5.74, 6) is 1.26. The van der Waals surface area contributed by atoms with Crippen molar-refractivity contribution in [1.29, 1.82) is 0 Å². The number of hydrogen-bond donors (Lipinski definition) is 2. The van der Waals surface area contributed by atoms with Crippen molar-refractivity contribution in [3.63, 3.8) is 0 Å². The molecule has 0 saturated carbocycles. The lowest BCUT2D eigenvalue weighted by molar-refractivity contribution is 0.0526. The zero-order chi connectivity index (χ0) is 21.7. The minimum absolute atomic E-state index is 0.0988. The van der Waals surface area contributed by atoms with E-state index in [0.29, 0.717) is 24.7 Å². The van der Waals surface area contributed by atoms with Crippen molar-refractivity contribution >= 4 is 17.0 Å². The molecule has 1 heterocycles. The lowest BCUT2D eigenvalue weighted by atomic mass is 9.90. The van der Waals surface area contributed by atoms with Gasteiger partial charge in [-0.2, -0.15) is 0 Å². The van der Waals surface area contributed by atoms with E-state index in [1.165, 1.54) is 0 Å². The highest BCUT2D eigenvalue weighted by Gasteiger charge is 2.22. The Morgan fingerprint density at radius 1 is 1.13 bits per heavy atom. The molecular weight excluding hydrogens is 380 g/mol. The summed E-state index contributed by atoms with van der Waals surface area (Å²) in [6.07, 6.45) is 1.56. The Bertz CT molecular complexity index is 1000. The number of H-pyrrole nitrogens is 1. The number of para-hydroxylation sites is 1. The Labute approximate surface area is 177 Å². The average Bonchev–Trinajstić information content (AvgIpc) is 3.12. The van der Waals surface area contributed by atoms with Crippen molar-refractivity contribution in [3.8, 4) is 11.5 Å². The van der Waals surface area contributed by atoms with Gasteiger partial charge in [-0.3, -0.25) is 0 Å². The summed E-state index contributed by atoms with van der Waals surface area (Å²) < 4.78 is 16.6. The summed E-state index contributed by atoms with van der Waals surface area (Å²) in [4.78, 5) is 15.6. The van der Waals surface area contributed by atoms with E-state index in [9.17, 15) is 4.79 Å². The maximum absolute atomic E-state index is 12.3. The van der Waals surface area contributed by atoms with Gasteiger partial charge < -0.3 is 24.5 Å². The molecule has 30 heavy (non-hydrogen) atoms. The first-order valence-corrected chi connectivity index (χ1v) is 10.2. The molecule has 0 radical (unpaired) electrons. The van der Waals surface area contributed by atoms with Crippen LogP contribution >= 0.6 is 0 Å². The van der Waals surface area contributed by atoms with Crippen LogP contribution in [-0.2, 0) is 4.74 Å². The van der Waals surface area contributed by atoms with Gasteiger partial charge in [-0.1, -0.05) is 24.3 Å². The predicted octanol–water partition coefficient (Wildman–Crippen LogP) is 5.23. The minimum atomic E-state index is -0.553. The number of amides is 1. The third kappa shape index (κ3) is 5.06. The number of methoxy groups -OCH3 is 1. The quantitative estimate of drug-likeness (QED) is 0.559. The number of alkyl carbamates (subject to hydrolysis) is 1. The zero-order valence-corrected chi connectivity index (χ0v) is 18.2. The van der Waals surface area contributed by atoms with E-state index in [-0.39, 0.29) is 5.92 Å². The van der Waals surface area contributed by atoms with Gasteiger partial charge in [0.25, 0.3) is 0 Å². The van der Waals surface area contributed by atoms with Gasteiger partial charge in [0, 0.05) is 29.6 Å². The Kier molecular flexibility index (Phi) is 6.55. The third-order valence-corrected chi connectivity index (χ3v) is 4.74. The average molecular weight is 411 g/mol. The molecule has 1 unspecified atom stereocenters. The van der Waals surface area contributed by atoms with Crippen LogP contribution in [0.2, 0.25) is 0 Å². The van der Waals surface area contributed by atoms with Gasteiger partial charge in [0.15, 0.2) is 11.5 Å². The van der Waals surface area contributed by atoms with Gasteiger partial charge in [-0.25, -0.2) is 4.79 Å². The summed E-state index contributed by atoms with van der Waals surface area (Å²) in [5, 5.41) is 4.03. The van der Waals surface area contributed by atoms with Crippen LogP contribution in [0.25, 0.3) is 10.9 Å². The van der Waals surface area contributed by atoms with Crippen LogP contribution in [0, 0.1) is 0 Å². The molecule has 3 aromatic rings. The van der Waals surface area contributed by atoms with Crippen LogP contribution in [0.1, 0.15) is 44.7 Å². The molecule has 1 aromatic heterocycles. The van der Waals surface area contributed by atoms with Gasteiger partial charge in [-0.05, 0) is 57.0 Å². The topological polar surface area (TPSA) is 72.6 Å². The fourth-order valence-corrected chi connectivity index (χ4v) is 3.46. The second-order valence-electron chi connectivity index (χ2n) is 8.07. The molecule has 0 bridgehead atoms. The van der Waals surface area contributed by atoms with Crippen molar-refractivity contribution < 1.29 is 19.0 Å². The summed E-state index contributed by atoms with van der Waals surface area (Å²) in [6.45, 7) is 8.42. The predicted molar refractivity (Wildman–Crippen MR) is 119 cm³/mol. The number of carbonyl (C=O) groups excluding carboxylic acids is 1. The molecule has 2 aromatic carbocycles. The number of ether oxygens (including phenoxy) is 3. The molecule has 1 atom stereocenters. The number of benzene rings is 2. The molecule has 6 nitrogen and oxygen atoms in total. The zero-order valence-electron chi connectivity index (χ0n) is 18.2. The number of aromatic nitrogens is 1. The molecule has 0 aliphatic heterocycles. The van der Waals surface area contributed by atoms with Gasteiger partial charge >= 0.3 is 6.09 Å². The van der Waals surface area contributed by atoms with Gasteiger partial charge in [0.2, 0.25) is 0 Å². The highest BCUT2D eigenvalue weighted by molar-refractivity contribution is 5.84. The largest absolute Gasteiger partial charge is 0.493 e. The molecule has 3 rings (SSSR count). The van der Waals surface area contributed by atoms with Crippen LogP contribution in [-0.4, -0.2) is 36.9 Å². The molecule has 2 N–H and O–H groups in total. The molecule has 0 aliphatic carbocycles. The van der Waals surface area contributed by atoms with E-state index in [4.69, 9.17) is 14.2 Å². The van der Waals surface area contributed by atoms with E-state index >= 15 is 0 Å². The highest BCUT2D eigenvalue weighted by Crippen LogP contribution is 2.35. The molecule has 1 amide bonds. The second-order valence-corrected chi connectivity index (χ2v) is 8.07. The van der Waals surface area contributed by atoms with Crippen LogP contribution in [0.3, 0.4) is 0 Å². The SMILES string of the molecule is CCOc1ccc(C(CNC(=O)OC(C)(C)C)c2c[nH]c3ccccc23)cc1OC. The van der Waals surface area contributed by atoms with E-state index in [2.05, 4.69) is 16.4 Å². The maximum Gasteiger partial charge on any atom is 0.407 e. The van der Waals surface area contributed by atoms with Crippen LogP contribution in [0.15, 0.2) is 48.7 Å². The Morgan fingerprint density at radius 2 is 1.90 bits per heavy atom. The number of carbonyl (C=O) groups is 1. The molecule has 0 spiro atoms. The normalized spacial score (nSPS) is 12.4. The monoisotopic (exact) mass is 410 g/mol. The smallest absolute Gasteiger partial charge is 0.407 e. The maximum atomic E-state index is 12.3. The lowest BCUT2D eigenvalue weighted by Crippen LogP contribution is -2.35. The third-order valence-electron chi connectivity index (χ3n) is 4.74. The second kappa shape index (κ2) is 9.11. The van der Waals surface area contributed by atoms with Gasteiger partial charge in [0.1, 0.15) is 5.60 Å². The Hall–Kier alpha value is -3.15. The van der Waals surface area contributed by atoms with Crippen LogP contribution < -0.4 is 14.8 Å². The Morgan fingerprint density at radius 3 is 2.60 bits per heavy atom. The fourth-order valence-electron chi connectivity index (χ4n) is 3.46. The first-order chi connectivity index (χ1) is 14.3. The van der Waals surface area contributed by atoms with E-state index in [1.807, 2.05) is 70.3 Å². The van der Waals surface area contributed by atoms with Crippen molar-refractivity contribution in [2.24, 2.45) is 0 Å². The van der Waals surface area contributed by atoms with Crippen molar-refractivity contribution in [3.05, 3.63) is 59.8 Å². The number of hydrogen-bond acceptors (Lipinski definition) is 4. The first kappa shape index (κ1) is 21.6. The number of rotatable bonds is 7. The highest BCUT2D eigenvalue weighted by atomic mass is 16.6. The minimum Gasteiger partial charge on any atom is -0.493 e. The van der Waals surface area contributed by atoms with Crippen LogP contribution in [0.4, 0.5) is 4.79 Å². The van der Waals surface area contributed by atoms with Crippen LogP contribution in [0.5, 0.6) is 11.5 Å². The van der Waals surface area contributed by atoms with Gasteiger partial charge in [0.05, 0.1) is 13.7 Å². The molecular formula is C24H30N2O4. The fraction of sp³-hybridized carbons (Fsp3) is 0.375. The molecule has 0 saturated heterocycles. The molecule has 0 fully saturated rings. The number of aromatic amines is 1. The summed E-state index contributed by atoms with van der Waals surface area (Å²) in [7, 11) is 1.63. The van der Waals surface area contributed by atoms with Gasteiger partial charge in [-0.15, -0.1) is 0 Å². The summed E-state index contributed by atoms with van der Waals surface area (Å²) in [6, 6.07) is 14.0. The summed E-state index contributed by atoms with van der Waals surface area (Å²) >= 11 is 0. The molecule has 0 aliphatic rings. The number of nitrogens with one attached hydrogen (secondary N) is 2. The van der Waals surface area contributed by atoms with E-state index in [1.54, 1.807) is 7.11 Å². The molecule has 160 valence electrons. The Balaban J connectivity index is 1.96. The number of fused-ring (bicyclic) bond motifs is 1. The van der Waals surface area contributed by atoms with Crippen molar-refractivity contribution in [2.75, 3.05) is 20.3 Å².